The summed E-state index contributed by atoms with van der Waals surface area (Å²) in [5, 5.41) is 7.16. The van der Waals surface area contributed by atoms with Crippen molar-refractivity contribution in [2.45, 2.75) is 37.9 Å². The summed E-state index contributed by atoms with van der Waals surface area (Å²) in [6.07, 6.45) is 1.65. The number of sulfonamides is 1. The second-order valence-electron chi connectivity index (χ2n) is 5.27. The molecule has 0 aliphatic heterocycles. The zero-order chi connectivity index (χ0) is 15.5. The molecule has 0 spiro atoms. The zero-order valence-electron chi connectivity index (χ0n) is 12.5. The molecule has 2 aromatic heterocycles. The number of aromatic nitrogens is 1. The van der Waals surface area contributed by atoms with E-state index in [9.17, 15) is 8.42 Å². The molecule has 5 nitrogen and oxygen atoms in total. The average Bonchev–Trinajstić information content (AvgIpc) is 3.04. The maximum atomic E-state index is 12.3. The summed E-state index contributed by atoms with van der Waals surface area (Å²) in [5.74, 6) is 0. The number of thiophene rings is 1. The first kappa shape index (κ1) is 16.2. The number of nitrogens with zero attached hydrogens (tertiary/aromatic N) is 1. The van der Waals surface area contributed by atoms with E-state index >= 15 is 0 Å². The lowest BCUT2D eigenvalue weighted by molar-refractivity contribution is 0.571. The van der Waals surface area contributed by atoms with Gasteiger partial charge in [-0.1, -0.05) is 13.8 Å². The van der Waals surface area contributed by atoms with Crippen molar-refractivity contribution < 1.29 is 8.42 Å². The quantitative estimate of drug-likeness (QED) is 0.818. The van der Waals surface area contributed by atoms with E-state index in [-0.39, 0.29) is 0 Å². The Morgan fingerprint density at radius 2 is 2.10 bits per heavy atom. The van der Waals surface area contributed by atoms with E-state index in [2.05, 4.69) is 23.9 Å². The highest BCUT2D eigenvalue weighted by molar-refractivity contribution is 7.89. The molecule has 21 heavy (non-hydrogen) atoms. The Hall–Kier alpha value is -1.15. The van der Waals surface area contributed by atoms with Gasteiger partial charge in [0.2, 0.25) is 10.0 Å². The van der Waals surface area contributed by atoms with Crippen LogP contribution >= 0.6 is 11.3 Å². The van der Waals surface area contributed by atoms with Crippen LogP contribution in [-0.4, -0.2) is 19.0 Å². The van der Waals surface area contributed by atoms with Gasteiger partial charge in [-0.15, -0.1) is 0 Å². The predicted octanol–water partition coefficient (Wildman–Crippen LogP) is 2.06. The molecule has 0 amide bonds. The molecule has 0 radical (unpaired) electrons. The Kier molecular flexibility index (Phi) is 5.21. The Labute approximate surface area is 130 Å². The molecule has 0 saturated heterocycles. The fourth-order valence-electron chi connectivity index (χ4n) is 1.86. The maximum absolute atomic E-state index is 12.3. The van der Waals surface area contributed by atoms with Gasteiger partial charge in [-0.25, -0.2) is 13.1 Å². The molecule has 0 bridgehead atoms. The van der Waals surface area contributed by atoms with Crippen molar-refractivity contribution in [3.8, 4) is 0 Å². The zero-order valence-corrected chi connectivity index (χ0v) is 14.1. The largest absolute Gasteiger partial charge is 0.352 e. The molecule has 0 unspecified atom stereocenters. The fourth-order valence-corrected chi connectivity index (χ4v) is 3.64. The summed E-state index contributed by atoms with van der Waals surface area (Å²) in [7, 11) is -1.61. The van der Waals surface area contributed by atoms with Gasteiger partial charge >= 0.3 is 0 Å². The van der Waals surface area contributed by atoms with Crippen molar-refractivity contribution in [2.24, 2.45) is 7.05 Å². The second kappa shape index (κ2) is 6.74. The number of aryl methyl sites for hydroxylation is 1. The lowest BCUT2D eigenvalue weighted by Gasteiger charge is -2.08. The van der Waals surface area contributed by atoms with Crippen LogP contribution in [-0.2, 0) is 30.2 Å². The first-order chi connectivity index (χ1) is 9.88. The van der Waals surface area contributed by atoms with Crippen molar-refractivity contribution >= 4 is 21.4 Å². The summed E-state index contributed by atoms with van der Waals surface area (Å²) < 4.78 is 29.0. The van der Waals surface area contributed by atoms with Gasteiger partial charge in [0.25, 0.3) is 0 Å². The Morgan fingerprint density at radius 3 is 2.71 bits per heavy atom. The molecule has 2 heterocycles. The molecule has 116 valence electrons. The van der Waals surface area contributed by atoms with Crippen LogP contribution in [0.15, 0.2) is 34.0 Å². The second-order valence-corrected chi connectivity index (χ2v) is 7.82. The SMILES string of the molecule is CC(C)NCc1cc(S(=O)(=O)NCc2ccsc2)cn1C. The number of rotatable bonds is 7. The van der Waals surface area contributed by atoms with Gasteiger partial charge < -0.3 is 9.88 Å². The molecular formula is C14H21N3O2S2. The smallest absolute Gasteiger partial charge is 0.242 e. The summed E-state index contributed by atoms with van der Waals surface area (Å²) in [4.78, 5) is 0.306. The van der Waals surface area contributed by atoms with E-state index < -0.39 is 10.0 Å². The Balaban J connectivity index is 2.07. The lowest BCUT2D eigenvalue weighted by Crippen LogP contribution is -2.23. The van der Waals surface area contributed by atoms with Crippen LogP contribution in [0.3, 0.4) is 0 Å². The first-order valence-corrected chi connectivity index (χ1v) is 9.20. The standard InChI is InChI=1S/C14H21N3O2S2/c1-11(2)15-8-13-6-14(9-17(13)3)21(18,19)16-7-12-4-5-20-10-12/h4-6,9-11,15-16H,7-8H2,1-3H3. The van der Waals surface area contributed by atoms with Gasteiger partial charge in [-0.3, -0.25) is 0 Å². The van der Waals surface area contributed by atoms with Gasteiger partial charge in [-0.05, 0) is 28.5 Å². The third-order valence-electron chi connectivity index (χ3n) is 3.13. The molecule has 0 aliphatic rings. The average molecular weight is 327 g/mol. The highest BCUT2D eigenvalue weighted by Crippen LogP contribution is 2.14. The number of nitrogens with one attached hydrogen (secondary N) is 2. The minimum Gasteiger partial charge on any atom is -0.352 e. The minimum atomic E-state index is -3.47. The molecular weight excluding hydrogens is 306 g/mol. The van der Waals surface area contributed by atoms with Crippen LogP contribution in [0.2, 0.25) is 0 Å². The Bertz CT molecular complexity index is 673. The van der Waals surface area contributed by atoms with Gasteiger partial charge in [-0.2, -0.15) is 11.3 Å². The van der Waals surface area contributed by atoms with E-state index in [4.69, 9.17) is 0 Å². The fraction of sp³-hybridized carbons (Fsp3) is 0.429. The van der Waals surface area contributed by atoms with Crippen molar-refractivity contribution in [1.82, 2.24) is 14.6 Å². The van der Waals surface area contributed by atoms with Crippen LogP contribution in [0.4, 0.5) is 0 Å². The third-order valence-corrected chi connectivity index (χ3v) is 5.23. The van der Waals surface area contributed by atoms with E-state index in [0.29, 0.717) is 24.0 Å². The maximum Gasteiger partial charge on any atom is 0.242 e. The van der Waals surface area contributed by atoms with Crippen LogP contribution in [0.5, 0.6) is 0 Å². The van der Waals surface area contributed by atoms with E-state index in [0.717, 1.165) is 11.3 Å². The lowest BCUT2D eigenvalue weighted by atomic mass is 10.3. The highest BCUT2D eigenvalue weighted by atomic mass is 32.2. The van der Waals surface area contributed by atoms with Gasteiger partial charge in [0, 0.05) is 38.1 Å². The summed E-state index contributed by atoms with van der Waals surface area (Å²) >= 11 is 1.55. The van der Waals surface area contributed by atoms with Crippen molar-refractivity contribution in [2.75, 3.05) is 0 Å². The van der Waals surface area contributed by atoms with Gasteiger partial charge in [0.15, 0.2) is 0 Å². The molecule has 0 saturated carbocycles. The predicted molar refractivity (Wildman–Crippen MR) is 85.7 cm³/mol. The molecule has 0 fully saturated rings. The normalized spacial score (nSPS) is 12.2. The molecule has 7 heteroatoms. The molecule has 0 aromatic carbocycles. The first-order valence-electron chi connectivity index (χ1n) is 6.78. The summed E-state index contributed by atoms with van der Waals surface area (Å²) in [6.45, 7) is 5.08. The van der Waals surface area contributed by atoms with Crippen LogP contribution < -0.4 is 10.0 Å². The van der Waals surface area contributed by atoms with Crippen LogP contribution in [0.1, 0.15) is 25.1 Å². The van der Waals surface area contributed by atoms with E-state index in [1.807, 2.05) is 28.4 Å². The van der Waals surface area contributed by atoms with Crippen LogP contribution in [0.25, 0.3) is 0 Å². The van der Waals surface area contributed by atoms with Crippen molar-refractivity contribution in [3.05, 3.63) is 40.3 Å². The minimum absolute atomic E-state index is 0.306. The van der Waals surface area contributed by atoms with Gasteiger partial charge in [0.05, 0.1) is 4.90 Å². The third kappa shape index (κ3) is 4.41. The van der Waals surface area contributed by atoms with E-state index in [1.165, 1.54) is 0 Å². The summed E-state index contributed by atoms with van der Waals surface area (Å²) in [5.41, 5.74) is 1.92. The Morgan fingerprint density at radius 1 is 1.33 bits per heavy atom. The van der Waals surface area contributed by atoms with Gasteiger partial charge in [0.1, 0.15) is 0 Å². The molecule has 0 atom stereocenters. The van der Waals surface area contributed by atoms with Crippen molar-refractivity contribution in [1.29, 1.82) is 0 Å². The molecule has 2 rings (SSSR count). The number of hydrogen-bond acceptors (Lipinski definition) is 4. The van der Waals surface area contributed by atoms with Crippen LogP contribution in [0, 0.1) is 0 Å². The topological polar surface area (TPSA) is 63.1 Å². The number of hydrogen-bond donors (Lipinski definition) is 2. The highest BCUT2D eigenvalue weighted by Gasteiger charge is 2.17. The van der Waals surface area contributed by atoms with E-state index in [1.54, 1.807) is 23.6 Å². The molecule has 2 N–H and O–H groups in total. The monoisotopic (exact) mass is 327 g/mol. The summed E-state index contributed by atoms with van der Waals surface area (Å²) in [6, 6.07) is 3.98. The van der Waals surface area contributed by atoms with Crippen molar-refractivity contribution in [3.63, 3.8) is 0 Å². The molecule has 2 aromatic rings. The molecule has 0 aliphatic carbocycles.